The van der Waals surface area contributed by atoms with Crippen molar-refractivity contribution < 1.29 is 14.0 Å². The first kappa shape index (κ1) is 16.8. The molecule has 0 saturated carbocycles. The van der Waals surface area contributed by atoms with Gasteiger partial charge >= 0.3 is 0 Å². The van der Waals surface area contributed by atoms with Gasteiger partial charge in [-0.05, 0) is 37.5 Å². The highest BCUT2D eigenvalue weighted by molar-refractivity contribution is 5.86. The minimum Gasteiger partial charge on any atom is -0.490 e. The topological polar surface area (TPSA) is 52.7 Å². The second kappa shape index (κ2) is 7.37. The van der Waals surface area contributed by atoms with E-state index >= 15 is 0 Å². The minimum absolute atomic E-state index is 0.266. The first-order chi connectivity index (χ1) is 13.4. The number of piperidine rings is 1. The maximum absolute atomic E-state index is 6.42. The highest BCUT2D eigenvalue weighted by atomic mass is 16.5. The normalized spacial score (nSPS) is 21.9. The van der Waals surface area contributed by atoms with Crippen molar-refractivity contribution in [1.29, 1.82) is 0 Å². The van der Waals surface area contributed by atoms with Gasteiger partial charge in [0, 0.05) is 43.9 Å². The van der Waals surface area contributed by atoms with Gasteiger partial charge < -0.3 is 18.6 Å². The molecule has 0 aliphatic carbocycles. The van der Waals surface area contributed by atoms with Crippen LogP contribution >= 0.6 is 0 Å². The third kappa shape index (κ3) is 3.47. The molecule has 6 nitrogen and oxygen atoms in total. The summed E-state index contributed by atoms with van der Waals surface area (Å²) >= 11 is 0. The summed E-state index contributed by atoms with van der Waals surface area (Å²) in [7, 11) is 0. The number of ether oxygens (including phenoxy) is 2. The molecule has 2 saturated heterocycles. The fraction of sp³-hybridized carbons (Fsp3) is 0.476. The molecule has 4 heterocycles. The Morgan fingerprint density at radius 3 is 2.81 bits per heavy atom. The predicted molar refractivity (Wildman–Crippen MR) is 102 cm³/mol. The summed E-state index contributed by atoms with van der Waals surface area (Å²) in [6.45, 7) is 4.55. The summed E-state index contributed by atoms with van der Waals surface area (Å²) in [6, 6.07) is 10.9. The molecular weight excluding hydrogens is 342 g/mol. The van der Waals surface area contributed by atoms with Gasteiger partial charge in [0.05, 0.1) is 23.9 Å². The Labute approximate surface area is 158 Å². The fourth-order valence-corrected chi connectivity index (χ4v) is 4.24. The summed E-state index contributed by atoms with van der Waals surface area (Å²) in [4.78, 5) is 2.41. The summed E-state index contributed by atoms with van der Waals surface area (Å²) in [6.07, 6.45) is 7.23. The van der Waals surface area contributed by atoms with E-state index in [0.29, 0.717) is 6.04 Å². The molecule has 2 aliphatic heterocycles. The van der Waals surface area contributed by atoms with Gasteiger partial charge in [-0.2, -0.15) is 0 Å². The molecule has 5 rings (SSSR count). The van der Waals surface area contributed by atoms with Crippen LogP contribution in [0.1, 0.15) is 31.0 Å². The second-order valence-electron chi connectivity index (χ2n) is 7.51. The van der Waals surface area contributed by atoms with Gasteiger partial charge in [-0.15, -0.1) is 0 Å². The second-order valence-corrected chi connectivity index (χ2v) is 7.51. The molecule has 1 atom stereocenters. The Morgan fingerprint density at radius 2 is 2.04 bits per heavy atom. The highest BCUT2D eigenvalue weighted by Crippen LogP contribution is 2.32. The average molecular weight is 367 g/mol. The maximum Gasteiger partial charge on any atom is 0.129 e. The van der Waals surface area contributed by atoms with E-state index in [2.05, 4.69) is 45.1 Å². The van der Waals surface area contributed by atoms with E-state index in [0.717, 1.165) is 63.6 Å². The van der Waals surface area contributed by atoms with E-state index in [1.807, 2.05) is 6.07 Å². The summed E-state index contributed by atoms with van der Waals surface area (Å²) in [5, 5.41) is 5.21. The van der Waals surface area contributed by atoms with Crippen molar-refractivity contribution >= 4 is 10.9 Å². The van der Waals surface area contributed by atoms with Gasteiger partial charge in [0.1, 0.15) is 18.1 Å². The largest absolute Gasteiger partial charge is 0.490 e. The Morgan fingerprint density at radius 1 is 1.11 bits per heavy atom. The van der Waals surface area contributed by atoms with Crippen LogP contribution in [0.2, 0.25) is 0 Å². The van der Waals surface area contributed by atoms with Crippen molar-refractivity contribution in [2.24, 2.45) is 0 Å². The molecule has 0 N–H and O–H groups in total. The lowest BCUT2D eigenvalue weighted by molar-refractivity contribution is 0.0967. The number of hydrogen-bond donors (Lipinski definition) is 0. The van der Waals surface area contributed by atoms with Crippen LogP contribution in [0.5, 0.6) is 5.75 Å². The van der Waals surface area contributed by atoms with Gasteiger partial charge in [0.25, 0.3) is 0 Å². The van der Waals surface area contributed by atoms with Crippen LogP contribution in [0, 0.1) is 0 Å². The van der Waals surface area contributed by atoms with Gasteiger partial charge in [-0.1, -0.05) is 11.2 Å². The van der Waals surface area contributed by atoms with Crippen LogP contribution in [0.3, 0.4) is 0 Å². The first-order valence-electron chi connectivity index (χ1n) is 9.82. The zero-order chi connectivity index (χ0) is 18.1. The lowest BCUT2D eigenvalue weighted by Crippen LogP contribution is -2.37. The lowest BCUT2D eigenvalue weighted by Gasteiger charge is -2.31. The Bertz CT molecular complexity index is 875. The van der Waals surface area contributed by atoms with Gasteiger partial charge in [-0.3, -0.25) is 4.90 Å². The molecule has 1 unspecified atom stereocenters. The molecule has 0 spiro atoms. The number of hydrogen-bond acceptors (Lipinski definition) is 5. The van der Waals surface area contributed by atoms with Crippen molar-refractivity contribution in [3.8, 4) is 5.75 Å². The summed E-state index contributed by atoms with van der Waals surface area (Å²) in [5.74, 6) is 1.00. The molecule has 27 heavy (non-hydrogen) atoms. The van der Waals surface area contributed by atoms with Crippen LogP contribution in [0.25, 0.3) is 10.9 Å². The standard InChI is InChI=1S/C21H25N3O3/c1-2-20-19(6-11-24(20)17-8-12-25-15-17)21(3-1)27-18-4-9-23(10-5-18)14-16-7-13-26-22-16/h1-3,6-7,11,13,17-18H,4-5,8-10,12,14-15H2. The van der Waals surface area contributed by atoms with Crippen LogP contribution in [0.4, 0.5) is 0 Å². The van der Waals surface area contributed by atoms with Crippen molar-refractivity contribution in [3.63, 3.8) is 0 Å². The number of nitrogens with zero attached hydrogens (tertiary/aromatic N) is 3. The average Bonchev–Trinajstić information content (AvgIpc) is 3.45. The van der Waals surface area contributed by atoms with Crippen molar-refractivity contribution in [3.05, 3.63) is 48.5 Å². The number of fused-ring (bicyclic) bond motifs is 1. The van der Waals surface area contributed by atoms with E-state index in [9.17, 15) is 0 Å². The van der Waals surface area contributed by atoms with E-state index in [-0.39, 0.29) is 6.10 Å². The molecule has 6 heteroatoms. The fourth-order valence-electron chi connectivity index (χ4n) is 4.24. The summed E-state index contributed by atoms with van der Waals surface area (Å²) < 4.78 is 19.3. The number of aromatic nitrogens is 2. The number of benzene rings is 1. The van der Waals surface area contributed by atoms with E-state index in [1.54, 1.807) is 6.26 Å². The van der Waals surface area contributed by atoms with Crippen LogP contribution in [0.15, 0.2) is 47.3 Å². The summed E-state index contributed by atoms with van der Waals surface area (Å²) in [5.41, 5.74) is 2.24. The Kier molecular flexibility index (Phi) is 4.59. The molecule has 2 aromatic heterocycles. The third-order valence-electron chi connectivity index (χ3n) is 5.73. The molecule has 142 valence electrons. The molecule has 0 bridgehead atoms. The molecule has 0 amide bonds. The quantitative estimate of drug-likeness (QED) is 0.689. The first-order valence-corrected chi connectivity index (χ1v) is 9.82. The van der Waals surface area contributed by atoms with Crippen molar-refractivity contribution in [2.75, 3.05) is 26.3 Å². The molecule has 0 radical (unpaired) electrons. The van der Waals surface area contributed by atoms with Crippen molar-refractivity contribution in [2.45, 2.75) is 38.0 Å². The maximum atomic E-state index is 6.42. The Balaban J connectivity index is 1.25. The van der Waals surface area contributed by atoms with Gasteiger partial charge in [0.15, 0.2) is 0 Å². The van der Waals surface area contributed by atoms with Crippen LogP contribution in [-0.2, 0) is 11.3 Å². The van der Waals surface area contributed by atoms with E-state index in [4.69, 9.17) is 14.0 Å². The SMILES string of the molecule is c1cc(OC2CCN(Cc3ccon3)CC2)c2ccn(C3CCOC3)c2c1. The van der Waals surface area contributed by atoms with E-state index < -0.39 is 0 Å². The monoisotopic (exact) mass is 367 g/mol. The lowest BCUT2D eigenvalue weighted by atomic mass is 10.1. The van der Waals surface area contributed by atoms with Crippen molar-refractivity contribution in [1.82, 2.24) is 14.6 Å². The third-order valence-corrected chi connectivity index (χ3v) is 5.73. The van der Waals surface area contributed by atoms with Crippen LogP contribution in [-0.4, -0.2) is 47.0 Å². The number of rotatable bonds is 5. The van der Waals surface area contributed by atoms with Crippen LogP contribution < -0.4 is 4.74 Å². The predicted octanol–water partition coefficient (Wildman–Crippen LogP) is 3.63. The molecular formula is C21H25N3O3. The number of likely N-dealkylation sites (tertiary alicyclic amines) is 1. The smallest absolute Gasteiger partial charge is 0.129 e. The zero-order valence-corrected chi connectivity index (χ0v) is 15.4. The molecule has 1 aromatic carbocycles. The zero-order valence-electron chi connectivity index (χ0n) is 15.4. The Hall–Kier alpha value is -2.31. The van der Waals surface area contributed by atoms with Gasteiger partial charge in [-0.25, -0.2) is 0 Å². The molecule has 3 aromatic rings. The van der Waals surface area contributed by atoms with Gasteiger partial charge in [0.2, 0.25) is 0 Å². The molecule has 2 fully saturated rings. The molecule has 2 aliphatic rings. The highest BCUT2D eigenvalue weighted by Gasteiger charge is 2.23. The van der Waals surface area contributed by atoms with E-state index in [1.165, 1.54) is 10.9 Å². The minimum atomic E-state index is 0.266.